The van der Waals surface area contributed by atoms with E-state index in [0.29, 0.717) is 12.3 Å². The van der Waals surface area contributed by atoms with Gasteiger partial charge in [-0.15, -0.1) is 0 Å². The molecule has 16 heavy (non-hydrogen) atoms. The van der Waals surface area contributed by atoms with Gasteiger partial charge < -0.3 is 9.32 Å². The summed E-state index contributed by atoms with van der Waals surface area (Å²) in [6, 6.07) is 3.44. The highest BCUT2D eigenvalue weighted by atomic mass is 16.3. The number of hydrogen-bond donors (Lipinski definition) is 0. The zero-order valence-corrected chi connectivity index (χ0v) is 10.3. The number of carbonyl (C=O) groups is 1. The van der Waals surface area contributed by atoms with E-state index in [4.69, 9.17) is 4.42 Å². The molecule has 0 aromatic carbocycles. The van der Waals surface area contributed by atoms with Crippen LogP contribution in [0.5, 0.6) is 0 Å². The molecule has 0 saturated carbocycles. The van der Waals surface area contributed by atoms with Crippen molar-refractivity contribution in [3.63, 3.8) is 0 Å². The van der Waals surface area contributed by atoms with Gasteiger partial charge in [0.2, 0.25) is 5.78 Å². The summed E-state index contributed by atoms with van der Waals surface area (Å²) in [6.45, 7) is 2.38. The smallest absolute Gasteiger partial charge is 0.211 e. The van der Waals surface area contributed by atoms with E-state index < -0.39 is 0 Å². The van der Waals surface area contributed by atoms with Crippen LogP contribution in [-0.4, -0.2) is 56.4 Å². The number of ketones is 1. The molecule has 0 aliphatic carbocycles. The molecule has 0 atom stereocenters. The van der Waals surface area contributed by atoms with E-state index in [9.17, 15) is 4.79 Å². The second-order valence-corrected chi connectivity index (χ2v) is 4.30. The van der Waals surface area contributed by atoms with Crippen molar-refractivity contribution < 1.29 is 9.21 Å². The zero-order chi connectivity index (χ0) is 12.0. The van der Waals surface area contributed by atoms with Crippen LogP contribution >= 0.6 is 0 Å². The number of hydrogen-bond acceptors (Lipinski definition) is 4. The fourth-order valence-corrected chi connectivity index (χ4v) is 1.50. The maximum atomic E-state index is 11.7. The quantitative estimate of drug-likeness (QED) is 0.655. The Bertz CT molecular complexity index is 307. The normalized spacial score (nSPS) is 11.3. The fourth-order valence-electron chi connectivity index (χ4n) is 1.50. The molecule has 0 spiro atoms. The van der Waals surface area contributed by atoms with Gasteiger partial charge in [-0.3, -0.25) is 9.69 Å². The largest absolute Gasteiger partial charge is 0.461 e. The van der Waals surface area contributed by atoms with Gasteiger partial charge in [-0.25, -0.2) is 0 Å². The molecule has 0 unspecified atom stereocenters. The SMILES string of the molecule is CN(C)CCCN(C)CC(=O)c1ccco1. The monoisotopic (exact) mass is 224 g/mol. The summed E-state index contributed by atoms with van der Waals surface area (Å²) >= 11 is 0. The molecule has 0 saturated heterocycles. The van der Waals surface area contributed by atoms with E-state index in [0.717, 1.165) is 19.5 Å². The molecule has 0 bridgehead atoms. The summed E-state index contributed by atoms with van der Waals surface area (Å²) in [5, 5.41) is 0. The molecule has 4 heteroatoms. The van der Waals surface area contributed by atoms with Gasteiger partial charge in [-0.05, 0) is 52.8 Å². The van der Waals surface area contributed by atoms with Crippen LogP contribution in [0.15, 0.2) is 22.8 Å². The van der Waals surface area contributed by atoms with Gasteiger partial charge in [0.25, 0.3) is 0 Å². The van der Waals surface area contributed by atoms with Gasteiger partial charge >= 0.3 is 0 Å². The second kappa shape index (κ2) is 6.45. The summed E-state index contributed by atoms with van der Waals surface area (Å²) in [5.41, 5.74) is 0. The molecule has 0 radical (unpaired) electrons. The number of furan rings is 1. The Morgan fingerprint density at radius 3 is 2.62 bits per heavy atom. The molecular formula is C12H20N2O2. The second-order valence-electron chi connectivity index (χ2n) is 4.30. The third kappa shape index (κ3) is 4.59. The first kappa shape index (κ1) is 12.9. The lowest BCUT2D eigenvalue weighted by molar-refractivity contribution is 0.0917. The van der Waals surface area contributed by atoms with Crippen LogP contribution in [0.3, 0.4) is 0 Å². The average Bonchev–Trinajstić information content (AvgIpc) is 2.69. The minimum atomic E-state index is 0.0392. The molecule has 0 fully saturated rings. The van der Waals surface area contributed by atoms with Crippen molar-refractivity contribution in [1.29, 1.82) is 0 Å². The molecule has 90 valence electrons. The Hall–Kier alpha value is -1.13. The lowest BCUT2D eigenvalue weighted by Crippen LogP contribution is -2.28. The molecule has 4 nitrogen and oxygen atoms in total. The van der Waals surface area contributed by atoms with Crippen molar-refractivity contribution >= 4 is 5.78 Å². The molecular weight excluding hydrogens is 204 g/mol. The number of nitrogens with zero attached hydrogens (tertiary/aromatic N) is 2. The maximum absolute atomic E-state index is 11.7. The van der Waals surface area contributed by atoms with Crippen molar-refractivity contribution in [3.8, 4) is 0 Å². The van der Waals surface area contributed by atoms with Crippen LogP contribution in [0, 0.1) is 0 Å². The van der Waals surface area contributed by atoms with Crippen molar-refractivity contribution in [2.75, 3.05) is 40.8 Å². The molecule has 1 heterocycles. The molecule has 0 aliphatic heterocycles. The summed E-state index contributed by atoms with van der Waals surface area (Å²) in [4.78, 5) is 15.8. The topological polar surface area (TPSA) is 36.7 Å². The average molecular weight is 224 g/mol. The Balaban J connectivity index is 2.24. The predicted molar refractivity (Wildman–Crippen MR) is 63.7 cm³/mol. The first-order chi connectivity index (χ1) is 7.59. The van der Waals surface area contributed by atoms with E-state index in [1.54, 1.807) is 12.1 Å². The van der Waals surface area contributed by atoms with Crippen molar-refractivity contribution in [3.05, 3.63) is 24.2 Å². The van der Waals surface area contributed by atoms with Gasteiger partial charge in [-0.1, -0.05) is 0 Å². The first-order valence-corrected chi connectivity index (χ1v) is 5.49. The minimum Gasteiger partial charge on any atom is -0.461 e. The number of likely N-dealkylation sites (N-methyl/N-ethyl adjacent to an activating group) is 1. The molecule has 0 aliphatic rings. The summed E-state index contributed by atoms with van der Waals surface area (Å²) in [6.07, 6.45) is 2.59. The Labute approximate surface area is 96.8 Å². The maximum Gasteiger partial charge on any atom is 0.211 e. The standard InChI is InChI=1S/C12H20N2O2/c1-13(2)7-5-8-14(3)10-11(15)12-6-4-9-16-12/h4,6,9H,5,7-8,10H2,1-3H3. The molecule has 0 N–H and O–H groups in total. The first-order valence-electron chi connectivity index (χ1n) is 5.49. The summed E-state index contributed by atoms with van der Waals surface area (Å²) in [5.74, 6) is 0.483. The Morgan fingerprint density at radius 2 is 2.06 bits per heavy atom. The summed E-state index contributed by atoms with van der Waals surface area (Å²) < 4.78 is 5.05. The number of rotatable bonds is 7. The Morgan fingerprint density at radius 1 is 1.31 bits per heavy atom. The van der Waals surface area contributed by atoms with Crippen LogP contribution in [0.4, 0.5) is 0 Å². The fraction of sp³-hybridized carbons (Fsp3) is 0.583. The van der Waals surface area contributed by atoms with Gasteiger partial charge in [0, 0.05) is 0 Å². The minimum absolute atomic E-state index is 0.0392. The third-order valence-corrected chi connectivity index (χ3v) is 2.35. The van der Waals surface area contributed by atoms with Crippen molar-refractivity contribution in [2.24, 2.45) is 0 Å². The Kier molecular flexibility index (Phi) is 5.22. The van der Waals surface area contributed by atoms with Crippen LogP contribution in [0.2, 0.25) is 0 Å². The van der Waals surface area contributed by atoms with Crippen molar-refractivity contribution in [1.82, 2.24) is 9.80 Å². The van der Waals surface area contributed by atoms with E-state index in [2.05, 4.69) is 4.90 Å². The van der Waals surface area contributed by atoms with Gasteiger partial charge in [0.1, 0.15) is 0 Å². The van der Waals surface area contributed by atoms with E-state index in [-0.39, 0.29) is 5.78 Å². The lowest BCUT2D eigenvalue weighted by atomic mass is 10.3. The molecule has 1 aromatic heterocycles. The van der Waals surface area contributed by atoms with Crippen LogP contribution in [-0.2, 0) is 0 Å². The van der Waals surface area contributed by atoms with E-state index in [1.165, 1.54) is 6.26 Å². The molecule has 0 amide bonds. The van der Waals surface area contributed by atoms with Crippen LogP contribution in [0.25, 0.3) is 0 Å². The highest BCUT2D eigenvalue weighted by Gasteiger charge is 2.11. The number of Topliss-reactive ketones (excluding diaryl/α,β-unsaturated/α-hetero) is 1. The van der Waals surface area contributed by atoms with Gasteiger partial charge in [0.15, 0.2) is 5.76 Å². The third-order valence-electron chi connectivity index (χ3n) is 2.35. The predicted octanol–water partition coefficient (Wildman–Crippen LogP) is 1.35. The highest BCUT2D eigenvalue weighted by Crippen LogP contribution is 2.02. The van der Waals surface area contributed by atoms with Gasteiger partial charge in [0.05, 0.1) is 12.8 Å². The molecule has 1 rings (SSSR count). The molecule has 1 aromatic rings. The number of carbonyl (C=O) groups excluding carboxylic acids is 1. The zero-order valence-electron chi connectivity index (χ0n) is 10.3. The summed E-state index contributed by atoms with van der Waals surface area (Å²) in [7, 11) is 6.05. The van der Waals surface area contributed by atoms with E-state index in [1.807, 2.05) is 26.0 Å². The van der Waals surface area contributed by atoms with E-state index >= 15 is 0 Å². The van der Waals surface area contributed by atoms with Crippen LogP contribution < -0.4 is 0 Å². The van der Waals surface area contributed by atoms with Crippen molar-refractivity contribution in [2.45, 2.75) is 6.42 Å². The lowest BCUT2D eigenvalue weighted by Gasteiger charge is -2.16. The van der Waals surface area contributed by atoms with Gasteiger partial charge in [-0.2, -0.15) is 0 Å². The van der Waals surface area contributed by atoms with Crippen LogP contribution in [0.1, 0.15) is 17.0 Å². The highest BCUT2D eigenvalue weighted by molar-refractivity contribution is 5.94.